The largest absolute Gasteiger partial charge is 0.475 e. The number of sulfonamides is 1. The van der Waals surface area contributed by atoms with Crippen molar-refractivity contribution in [2.24, 2.45) is 17.8 Å². The normalized spacial score (nSPS) is 29.2. The van der Waals surface area contributed by atoms with Crippen LogP contribution in [0.5, 0.6) is 11.8 Å². The van der Waals surface area contributed by atoms with Crippen LogP contribution >= 0.6 is 0 Å². The van der Waals surface area contributed by atoms with Crippen LogP contribution in [0.3, 0.4) is 0 Å². The number of allylic oxidation sites excluding steroid dienone is 1. The van der Waals surface area contributed by atoms with Gasteiger partial charge in [-0.25, -0.2) is 22.0 Å². The Balaban J connectivity index is 1.37. The first kappa shape index (κ1) is 44.0. The molecule has 2 aliphatic heterocycles. The smallest absolute Gasteiger partial charge is 0.408 e. The van der Waals surface area contributed by atoms with E-state index in [9.17, 15) is 36.4 Å². The van der Waals surface area contributed by atoms with Crippen LogP contribution < -0.4 is 24.8 Å². The van der Waals surface area contributed by atoms with Gasteiger partial charge in [0.25, 0.3) is 11.8 Å². The number of alkyl halides is 2. The van der Waals surface area contributed by atoms with E-state index in [0.717, 1.165) is 19.2 Å². The number of nitrogens with one attached hydrogen (secondary N) is 3. The standard InChI is InChI=1S/C42H57F2N5O9S/c1-24(2)56-32-20-27-14-10-12-16-30(27)35(45-32)57-29-21-31-34(50)47-42(37(52)48-59(54,55)40(7)17-18-40)22-28(42)15-11-9-13-25(3)19-26(4)33(36(51)49(31)23-29)46-38(53)58-39(5,6)41(8,43)44/h10-12,14-16,20,24-26,28-29,31,33H,9,13,17-19,21-23H2,1-8H3,(H,46,53)(H,47,50)(H,48,52)/b15-11-/t25-,26-,28-,29-,31+,33+,42-/m1/s1. The molecule has 4 amide bonds. The van der Waals surface area contributed by atoms with Crippen molar-refractivity contribution in [3.63, 3.8) is 0 Å². The minimum absolute atomic E-state index is 0.0194. The van der Waals surface area contributed by atoms with Gasteiger partial charge in [0.1, 0.15) is 23.7 Å². The fourth-order valence-corrected chi connectivity index (χ4v) is 9.08. The predicted octanol–water partition coefficient (Wildman–Crippen LogP) is 5.78. The van der Waals surface area contributed by atoms with E-state index in [1.807, 2.05) is 57.2 Å². The van der Waals surface area contributed by atoms with Gasteiger partial charge in [-0.05, 0) is 96.4 Å². The van der Waals surface area contributed by atoms with Crippen molar-refractivity contribution >= 4 is 44.6 Å². The summed E-state index contributed by atoms with van der Waals surface area (Å²) in [6.07, 6.45) is 3.97. The summed E-state index contributed by atoms with van der Waals surface area (Å²) in [6, 6.07) is 6.54. The highest BCUT2D eigenvalue weighted by Gasteiger charge is 2.63. The molecule has 2 saturated carbocycles. The van der Waals surface area contributed by atoms with E-state index in [4.69, 9.17) is 14.2 Å². The first-order valence-electron chi connectivity index (χ1n) is 20.4. The minimum Gasteiger partial charge on any atom is -0.475 e. The molecule has 0 spiro atoms. The molecule has 0 bridgehead atoms. The highest BCUT2D eigenvalue weighted by Crippen LogP contribution is 2.48. The Morgan fingerprint density at radius 3 is 2.44 bits per heavy atom. The zero-order valence-corrected chi connectivity index (χ0v) is 35.8. The molecule has 14 nitrogen and oxygen atoms in total. The number of nitrogens with zero attached hydrogens (tertiary/aromatic N) is 2. The molecule has 4 aliphatic rings. The number of carbonyl (C=O) groups excluding carboxylic acids is 4. The van der Waals surface area contributed by atoms with Gasteiger partial charge in [-0.15, -0.1) is 0 Å². The lowest BCUT2D eigenvalue weighted by Crippen LogP contribution is -2.59. The summed E-state index contributed by atoms with van der Waals surface area (Å²) >= 11 is 0. The van der Waals surface area contributed by atoms with Crippen molar-refractivity contribution in [2.75, 3.05) is 6.54 Å². The lowest BCUT2D eigenvalue weighted by molar-refractivity contribution is -0.152. The molecule has 1 aromatic heterocycles. The lowest BCUT2D eigenvalue weighted by atomic mass is 9.88. The number of hydrogen-bond donors (Lipinski definition) is 3. The number of rotatable bonds is 10. The van der Waals surface area contributed by atoms with Crippen molar-refractivity contribution in [1.82, 2.24) is 25.2 Å². The van der Waals surface area contributed by atoms with Gasteiger partial charge in [0, 0.05) is 30.7 Å². The number of carbonyl (C=O) groups is 4. The van der Waals surface area contributed by atoms with Gasteiger partial charge in [0.05, 0.1) is 17.4 Å². The second kappa shape index (κ2) is 16.1. The first-order chi connectivity index (χ1) is 27.4. The topological polar surface area (TPSA) is 182 Å². The molecule has 17 heteroatoms. The summed E-state index contributed by atoms with van der Waals surface area (Å²) in [5, 5.41) is 6.83. The summed E-state index contributed by atoms with van der Waals surface area (Å²) in [6.45, 7) is 11.6. The maximum absolute atomic E-state index is 14.9. The van der Waals surface area contributed by atoms with Crippen LogP contribution in [0.25, 0.3) is 10.8 Å². The van der Waals surface area contributed by atoms with Crippen molar-refractivity contribution in [3.05, 3.63) is 42.5 Å². The monoisotopic (exact) mass is 845 g/mol. The molecule has 1 aromatic carbocycles. The molecule has 1 saturated heterocycles. The Morgan fingerprint density at radius 1 is 1.08 bits per heavy atom. The van der Waals surface area contributed by atoms with E-state index in [1.165, 1.54) is 4.90 Å². The number of fused-ring (bicyclic) bond motifs is 3. The minimum atomic E-state index is -4.06. The first-order valence-corrected chi connectivity index (χ1v) is 21.9. The van der Waals surface area contributed by atoms with Crippen LogP contribution in [0.2, 0.25) is 0 Å². The number of amides is 4. The Bertz CT molecular complexity index is 2100. The summed E-state index contributed by atoms with van der Waals surface area (Å²) in [5.74, 6) is -6.25. The Kier molecular flexibility index (Phi) is 12.0. The predicted molar refractivity (Wildman–Crippen MR) is 215 cm³/mol. The van der Waals surface area contributed by atoms with E-state index in [0.29, 0.717) is 50.3 Å². The Hall–Kier alpha value is -4.54. The van der Waals surface area contributed by atoms with Crippen LogP contribution in [0.4, 0.5) is 13.6 Å². The molecule has 0 unspecified atom stereocenters. The molecule has 3 fully saturated rings. The van der Waals surface area contributed by atoms with E-state index in [1.54, 1.807) is 19.9 Å². The number of halogens is 2. The van der Waals surface area contributed by atoms with Crippen LogP contribution in [0, 0.1) is 17.8 Å². The Labute approximate surface area is 344 Å². The number of alkyl carbamates (subject to hydrolysis) is 1. The van der Waals surface area contributed by atoms with Gasteiger partial charge in [-0.1, -0.05) is 44.2 Å². The van der Waals surface area contributed by atoms with Gasteiger partial charge in [0.2, 0.25) is 33.6 Å². The molecule has 2 aromatic rings. The van der Waals surface area contributed by atoms with Crippen LogP contribution in [0.15, 0.2) is 42.5 Å². The van der Waals surface area contributed by atoms with Gasteiger partial charge in [0.15, 0.2) is 5.60 Å². The maximum atomic E-state index is 14.9. The molecule has 3 heterocycles. The fraction of sp³-hybridized carbons (Fsp3) is 0.643. The second-order valence-electron chi connectivity index (χ2n) is 18.0. The van der Waals surface area contributed by atoms with Crippen LogP contribution in [0.1, 0.15) is 100 Å². The lowest BCUT2D eigenvalue weighted by Gasteiger charge is -2.35. The average Bonchev–Trinajstić information content (AvgIpc) is 4.01. The highest BCUT2D eigenvalue weighted by atomic mass is 32.2. The van der Waals surface area contributed by atoms with E-state index in [2.05, 4.69) is 20.3 Å². The van der Waals surface area contributed by atoms with E-state index >= 15 is 0 Å². The molecule has 59 heavy (non-hydrogen) atoms. The van der Waals surface area contributed by atoms with Crippen molar-refractivity contribution in [1.29, 1.82) is 0 Å². The van der Waals surface area contributed by atoms with E-state index < -0.39 is 85.7 Å². The zero-order valence-electron chi connectivity index (χ0n) is 35.0. The van der Waals surface area contributed by atoms with Gasteiger partial charge < -0.3 is 29.7 Å². The molecular formula is C42H57F2N5O9S. The van der Waals surface area contributed by atoms with Crippen LogP contribution in [-0.4, -0.2) is 94.8 Å². The summed E-state index contributed by atoms with van der Waals surface area (Å²) in [4.78, 5) is 62.7. The van der Waals surface area contributed by atoms with Crippen molar-refractivity contribution in [2.45, 2.75) is 146 Å². The summed E-state index contributed by atoms with van der Waals surface area (Å²) < 4.78 is 74.1. The third kappa shape index (κ3) is 9.44. The molecule has 324 valence electrons. The number of benzene rings is 1. The third-order valence-corrected chi connectivity index (χ3v) is 14.4. The molecule has 3 N–H and O–H groups in total. The SMILES string of the molecule is CC(C)Oc1cc2ccccc2c(O[C@@H]2C[C@H]3C(=O)N[C@]4(C(=O)NS(=O)(=O)C5(C)CC5)C[C@H]4/C=C\CC[C@@H](C)C[C@@H](C)[C@H](NC(=O)OC(C)(C)C(C)(F)F)C(=O)N3C2)n1. The van der Waals surface area contributed by atoms with Crippen molar-refractivity contribution < 1.29 is 50.6 Å². The fourth-order valence-electron chi connectivity index (χ4n) is 7.77. The number of pyridine rings is 1. The van der Waals surface area contributed by atoms with Crippen LogP contribution in [-0.2, 0) is 29.1 Å². The van der Waals surface area contributed by atoms with Gasteiger partial charge >= 0.3 is 6.09 Å². The summed E-state index contributed by atoms with van der Waals surface area (Å²) in [7, 11) is -4.06. The van der Waals surface area contributed by atoms with Gasteiger partial charge in [-0.2, -0.15) is 4.98 Å². The third-order valence-electron chi connectivity index (χ3n) is 12.2. The number of ether oxygens (including phenoxy) is 3. The number of aromatic nitrogens is 1. The molecule has 0 radical (unpaired) electrons. The molecular weight excluding hydrogens is 789 g/mol. The number of hydrogen-bond acceptors (Lipinski definition) is 10. The molecule has 6 rings (SSSR count). The summed E-state index contributed by atoms with van der Waals surface area (Å²) in [5.41, 5.74) is -3.83. The second-order valence-corrected chi connectivity index (χ2v) is 20.2. The quantitative estimate of drug-likeness (QED) is 0.248. The maximum Gasteiger partial charge on any atom is 0.408 e. The Morgan fingerprint density at radius 2 is 1.78 bits per heavy atom. The average molecular weight is 846 g/mol. The van der Waals surface area contributed by atoms with E-state index in [-0.39, 0.29) is 37.3 Å². The molecule has 2 aliphatic carbocycles. The van der Waals surface area contributed by atoms with Crippen molar-refractivity contribution in [3.8, 4) is 11.8 Å². The zero-order chi connectivity index (χ0) is 43.3. The van der Waals surface area contributed by atoms with Gasteiger partial charge in [-0.3, -0.25) is 19.1 Å². The molecule has 7 atom stereocenters. The highest BCUT2D eigenvalue weighted by molar-refractivity contribution is 7.91.